The minimum absolute atomic E-state index is 0.0821. The van der Waals surface area contributed by atoms with Gasteiger partial charge in [-0.15, -0.1) is 0 Å². The fraction of sp³-hybridized carbons (Fsp3) is 0.462. The summed E-state index contributed by atoms with van der Waals surface area (Å²) in [6.07, 6.45) is 0.0821. The second-order valence-electron chi connectivity index (χ2n) is 4.78. The molecule has 3 nitrogen and oxygen atoms in total. The van der Waals surface area contributed by atoms with Crippen LogP contribution in [-0.4, -0.2) is 23.7 Å². The lowest BCUT2D eigenvalue weighted by atomic mass is 10.0. The zero-order valence-electron chi connectivity index (χ0n) is 11.3. The predicted molar refractivity (Wildman–Crippen MR) is 64.0 cm³/mol. The van der Waals surface area contributed by atoms with E-state index in [4.69, 9.17) is 5.11 Å². The monoisotopic (exact) mass is 311 g/mol. The van der Waals surface area contributed by atoms with Crippen molar-refractivity contribution >= 4 is 5.91 Å². The minimum Gasteiger partial charge on any atom is -0.396 e. The van der Waals surface area contributed by atoms with Gasteiger partial charge in [0, 0.05) is 12.6 Å². The topological polar surface area (TPSA) is 49.3 Å². The summed E-state index contributed by atoms with van der Waals surface area (Å²) in [6.45, 7) is 3.03. The summed E-state index contributed by atoms with van der Waals surface area (Å²) < 4.78 is 65.9. The number of aliphatic hydroxyl groups excluding tert-OH is 1. The maximum absolute atomic E-state index is 13.5. The quantitative estimate of drug-likeness (QED) is 0.499. The Hall–Kier alpha value is -1.70. The van der Waals surface area contributed by atoms with Gasteiger partial charge in [-0.05, 0) is 12.3 Å². The van der Waals surface area contributed by atoms with E-state index in [-0.39, 0.29) is 18.9 Å². The van der Waals surface area contributed by atoms with Crippen LogP contribution in [0.15, 0.2) is 0 Å². The third-order valence-corrected chi connectivity index (χ3v) is 3.00. The first-order chi connectivity index (χ1) is 9.72. The number of halogens is 5. The van der Waals surface area contributed by atoms with Crippen molar-refractivity contribution in [3.63, 3.8) is 0 Å². The molecule has 8 heteroatoms. The number of carbonyl (C=O) groups is 1. The highest BCUT2D eigenvalue weighted by Gasteiger charge is 2.30. The summed E-state index contributed by atoms with van der Waals surface area (Å²) in [5.74, 6) is -12.7. The molecule has 1 atom stereocenters. The van der Waals surface area contributed by atoms with Gasteiger partial charge < -0.3 is 10.4 Å². The van der Waals surface area contributed by atoms with E-state index in [9.17, 15) is 26.7 Å². The molecule has 0 radical (unpaired) electrons. The largest absolute Gasteiger partial charge is 0.396 e. The molecule has 0 heterocycles. The molecule has 0 saturated heterocycles. The van der Waals surface area contributed by atoms with Gasteiger partial charge in [0.15, 0.2) is 23.3 Å². The van der Waals surface area contributed by atoms with Gasteiger partial charge in [-0.2, -0.15) is 0 Å². The fourth-order valence-corrected chi connectivity index (χ4v) is 1.76. The smallest absolute Gasteiger partial charge is 0.257 e. The summed E-state index contributed by atoms with van der Waals surface area (Å²) in [6, 6.07) is -0.669. The van der Waals surface area contributed by atoms with Crippen molar-refractivity contribution in [2.75, 3.05) is 6.61 Å². The van der Waals surface area contributed by atoms with E-state index >= 15 is 0 Å². The first-order valence-electron chi connectivity index (χ1n) is 6.15. The van der Waals surface area contributed by atoms with Gasteiger partial charge in [0.05, 0.1) is 0 Å². The van der Waals surface area contributed by atoms with Gasteiger partial charge in [0.2, 0.25) is 5.82 Å². The maximum atomic E-state index is 13.5. The zero-order chi connectivity index (χ0) is 16.3. The van der Waals surface area contributed by atoms with Crippen LogP contribution in [0.3, 0.4) is 0 Å². The molecular weight excluding hydrogens is 297 g/mol. The van der Waals surface area contributed by atoms with Crippen LogP contribution in [0.1, 0.15) is 30.6 Å². The molecule has 21 heavy (non-hydrogen) atoms. The Morgan fingerprint density at radius 3 is 1.81 bits per heavy atom. The van der Waals surface area contributed by atoms with Gasteiger partial charge in [-0.1, -0.05) is 13.8 Å². The van der Waals surface area contributed by atoms with Crippen LogP contribution in [0.4, 0.5) is 22.0 Å². The lowest BCUT2D eigenvalue weighted by molar-refractivity contribution is 0.0904. The Bertz CT molecular complexity index is 519. The van der Waals surface area contributed by atoms with Crippen molar-refractivity contribution in [3.05, 3.63) is 34.6 Å². The molecule has 0 aliphatic heterocycles. The highest BCUT2D eigenvalue weighted by molar-refractivity contribution is 5.95. The van der Waals surface area contributed by atoms with Crippen LogP contribution in [-0.2, 0) is 0 Å². The van der Waals surface area contributed by atoms with Crippen LogP contribution >= 0.6 is 0 Å². The van der Waals surface area contributed by atoms with Gasteiger partial charge in [0.25, 0.3) is 5.91 Å². The van der Waals surface area contributed by atoms with Crippen molar-refractivity contribution in [1.29, 1.82) is 0 Å². The average Bonchev–Trinajstić information content (AvgIpc) is 2.42. The van der Waals surface area contributed by atoms with E-state index in [1.165, 1.54) is 0 Å². The van der Waals surface area contributed by atoms with E-state index in [0.717, 1.165) is 0 Å². The van der Waals surface area contributed by atoms with E-state index in [1.807, 2.05) is 0 Å². The van der Waals surface area contributed by atoms with Crippen LogP contribution in [0, 0.1) is 35.0 Å². The number of rotatable bonds is 5. The predicted octanol–water partition coefficient (Wildman–Crippen LogP) is 2.52. The van der Waals surface area contributed by atoms with E-state index in [2.05, 4.69) is 5.32 Å². The highest BCUT2D eigenvalue weighted by Crippen LogP contribution is 2.23. The molecule has 2 N–H and O–H groups in total. The number of carbonyl (C=O) groups excluding carboxylic acids is 1. The lowest BCUT2D eigenvalue weighted by Crippen LogP contribution is -2.40. The standard InChI is InChI=1S/C13H14F5NO2/c1-5(2)6(3-4-20)19-13(21)7-8(14)10(16)12(18)11(17)9(7)15/h5-6,20H,3-4H2,1-2H3,(H,19,21). The van der Waals surface area contributed by atoms with E-state index in [0.29, 0.717) is 0 Å². The van der Waals surface area contributed by atoms with Crippen molar-refractivity contribution in [2.24, 2.45) is 5.92 Å². The summed E-state index contributed by atoms with van der Waals surface area (Å²) in [4.78, 5) is 11.8. The Labute approximate surface area is 117 Å². The SMILES string of the molecule is CC(C)C(CCO)NC(=O)c1c(F)c(F)c(F)c(F)c1F. The fourth-order valence-electron chi connectivity index (χ4n) is 1.76. The maximum Gasteiger partial charge on any atom is 0.257 e. The molecule has 0 aromatic heterocycles. The number of amides is 1. The van der Waals surface area contributed by atoms with E-state index < -0.39 is 46.6 Å². The second kappa shape index (κ2) is 6.84. The molecule has 1 unspecified atom stereocenters. The summed E-state index contributed by atoms with van der Waals surface area (Å²) in [5.41, 5.74) is -1.53. The Morgan fingerprint density at radius 2 is 1.43 bits per heavy atom. The molecule has 0 spiro atoms. The molecule has 1 amide bonds. The molecular formula is C13H14F5NO2. The molecule has 0 saturated carbocycles. The van der Waals surface area contributed by atoms with Crippen molar-refractivity contribution in [2.45, 2.75) is 26.3 Å². The first kappa shape index (κ1) is 17.4. The number of nitrogens with one attached hydrogen (secondary N) is 1. The zero-order valence-corrected chi connectivity index (χ0v) is 11.3. The van der Waals surface area contributed by atoms with Gasteiger partial charge in [-0.3, -0.25) is 4.79 Å². The van der Waals surface area contributed by atoms with Crippen LogP contribution in [0.25, 0.3) is 0 Å². The number of benzene rings is 1. The third-order valence-electron chi connectivity index (χ3n) is 3.00. The molecule has 0 aliphatic carbocycles. The summed E-state index contributed by atoms with van der Waals surface area (Å²) >= 11 is 0. The van der Waals surface area contributed by atoms with E-state index in [1.54, 1.807) is 13.8 Å². The average molecular weight is 311 g/mol. The van der Waals surface area contributed by atoms with Crippen molar-refractivity contribution < 1.29 is 31.9 Å². The summed E-state index contributed by atoms with van der Waals surface area (Å²) in [5, 5.41) is 11.0. The normalized spacial score (nSPS) is 12.6. The van der Waals surface area contributed by atoms with Crippen molar-refractivity contribution in [3.8, 4) is 0 Å². The van der Waals surface area contributed by atoms with Crippen LogP contribution in [0.2, 0.25) is 0 Å². The minimum atomic E-state index is -2.32. The molecule has 0 aliphatic rings. The Morgan fingerprint density at radius 1 is 1.00 bits per heavy atom. The first-order valence-corrected chi connectivity index (χ1v) is 6.15. The molecule has 0 bridgehead atoms. The number of hydrogen-bond acceptors (Lipinski definition) is 2. The second-order valence-corrected chi connectivity index (χ2v) is 4.78. The van der Waals surface area contributed by atoms with Gasteiger partial charge in [0.1, 0.15) is 5.56 Å². The molecule has 1 aromatic rings. The molecule has 118 valence electrons. The van der Waals surface area contributed by atoms with Crippen LogP contribution in [0.5, 0.6) is 0 Å². The Balaban J connectivity index is 3.19. The number of hydrogen-bond donors (Lipinski definition) is 2. The third kappa shape index (κ3) is 3.49. The summed E-state index contributed by atoms with van der Waals surface area (Å²) in [7, 11) is 0. The van der Waals surface area contributed by atoms with Gasteiger partial charge in [-0.25, -0.2) is 22.0 Å². The molecule has 1 rings (SSSR count). The van der Waals surface area contributed by atoms with Crippen molar-refractivity contribution in [1.82, 2.24) is 5.32 Å². The molecule has 0 fully saturated rings. The van der Waals surface area contributed by atoms with Gasteiger partial charge >= 0.3 is 0 Å². The Kier molecular flexibility index (Phi) is 5.65. The lowest BCUT2D eigenvalue weighted by Gasteiger charge is -2.21. The molecule has 1 aromatic carbocycles. The highest BCUT2D eigenvalue weighted by atomic mass is 19.2. The van der Waals surface area contributed by atoms with Crippen LogP contribution < -0.4 is 5.32 Å². The number of aliphatic hydroxyl groups is 1.